The highest BCUT2D eigenvalue weighted by atomic mass is 32.1. The topological polar surface area (TPSA) is 44.1 Å². The van der Waals surface area contributed by atoms with Gasteiger partial charge in [-0.3, -0.25) is 4.79 Å². The predicted octanol–water partition coefficient (Wildman–Crippen LogP) is 2.03. The second-order valence-electron chi connectivity index (χ2n) is 3.71. The minimum atomic E-state index is 0.0763. The van der Waals surface area contributed by atoms with E-state index in [2.05, 4.69) is 16.4 Å². The molecule has 3 heterocycles. The second kappa shape index (κ2) is 3.84. The first-order valence-corrected chi connectivity index (χ1v) is 5.96. The Bertz CT molecular complexity index is 504. The Balaban J connectivity index is 1.88. The van der Waals surface area contributed by atoms with Crippen LogP contribution in [0.3, 0.4) is 0 Å². The van der Waals surface area contributed by atoms with Crippen LogP contribution < -0.4 is 0 Å². The van der Waals surface area contributed by atoms with Gasteiger partial charge in [-0.1, -0.05) is 0 Å². The first-order chi connectivity index (χ1) is 7.86. The van der Waals surface area contributed by atoms with Gasteiger partial charge in [0.05, 0.1) is 6.54 Å². The van der Waals surface area contributed by atoms with Crippen molar-refractivity contribution in [3.8, 4) is 0 Å². The maximum absolute atomic E-state index is 10.6. The van der Waals surface area contributed by atoms with E-state index >= 15 is 0 Å². The molecule has 2 aromatic heterocycles. The van der Waals surface area contributed by atoms with E-state index in [0.29, 0.717) is 12.3 Å². The molecule has 0 fully saturated rings. The lowest BCUT2D eigenvalue weighted by molar-refractivity contribution is 0.000738. The van der Waals surface area contributed by atoms with Gasteiger partial charge in [-0.15, -0.1) is 0 Å². The van der Waals surface area contributed by atoms with Gasteiger partial charge >= 0.3 is 0 Å². The van der Waals surface area contributed by atoms with Gasteiger partial charge in [0.15, 0.2) is 6.29 Å². The second-order valence-corrected chi connectivity index (χ2v) is 4.49. The van der Waals surface area contributed by atoms with Crippen molar-refractivity contribution in [1.82, 2.24) is 9.55 Å². The van der Waals surface area contributed by atoms with Crippen molar-refractivity contribution < 1.29 is 9.53 Å². The highest BCUT2D eigenvalue weighted by molar-refractivity contribution is 7.07. The number of nitrogens with zero attached hydrogens (tertiary/aromatic N) is 2. The van der Waals surface area contributed by atoms with Gasteiger partial charge in [0.25, 0.3) is 0 Å². The van der Waals surface area contributed by atoms with Gasteiger partial charge in [0.2, 0.25) is 0 Å². The first kappa shape index (κ1) is 9.74. The number of thiophene rings is 1. The SMILES string of the molecule is O=Cc1cn2c(n1)CO[C@@H](c1ccsc1)C2. The summed E-state index contributed by atoms with van der Waals surface area (Å²) in [6.07, 6.45) is 2.63. The third-order valence-electron chi connectivity index (χ3n) is 2.69. The summed E-state index contributed by atoms with van der Waals surface area (Å²) in [6.45, 7) is 1.20. The zero-order chi connectivity index (χ0) is 11.0. The molecule has 1 aliphatic heterocycles. The third kappa shape index (κ3) is 1.58. The number of aldehydes is 1. The normalized spacial score (nSPS) is 19.4. The number of carbonyl (C=O) groups is 1. The Kier molecular flexibility index (Phi) is 2.34. The largest absolute Gasteiger partial charge is 0.364 e. The molecule has 16 heavy (non-hydrogen) atoms. The number of aromatic nitrogens is 2. The van der Waals surface area contributed by atoms with Crippen molar-refractivity contribution in [2.45, 2.75) is 19.3 Å². The van der Waals surface area contributed by atoms with E-state index in [-0.39, 0.29) is 6.10 Å². The number of ether oxygens (including phenoxy) is 1. The summed E-state index contributed by atoms with van der Waals surface area (Å²) < 4.78 is 7.71. The van der Waals surface area contributed by atoms with Crippen LogP contribution in [0, 0.1) is 0 Å². The molecule has 82 valence electrons. The fourth-order valence-electron chi connectivity index (χ4n) is 1.87. The average Bonchev–Trinajstić information content (AvgIpc) is 2.96. The Hall–Kier alpha value is -1.46. The Labute approximate surface area is 96.5 Å². The fraction of sp³-hybridized carbons (Fsp3) is 0.273. The molecule has 2 aromatic rings. The molecule has 0 saturated heterocycles. The number of rotatable bonds is 2. The van der Waals surface area contributed by atoms with Gasteiger partial charge in [-0.05, 0) is 22.4 Å². The molecule has 0 radical (unpaired) electrons. The van der Waals surface area contributed by atoms with Gasteiger partial charge in [-0.2, -0.15) is 11.3 Å². The molecule has 5 heteroatoms. The molecular formula is C11H10N2O2S. The molecule has 0 aliphatic carbocycles. The molecule has 0 N–H and O–H groups in total. The quantitative estimate of drug-likeness (QED) is 0.747. The molecule has 0 bridgehead atoms. The van der Waals surface area contributed by atoms with Gasteiger partial charge in [-0.25, -0.2) is 4.98 Å². The van der Waals surface area contributed by atoms with Crippen LogP contribution in [0.4, 0.5) is 0 Å². The summed E-state index contributed by atoms with van der Waals surface area (Å²) >= 11 is 1.66. The molecule has 1 atom stereocenters. The lowest BCUT2D eigenvalue weighted by Crippen LogP contribution is -2.20. The Morgan fingerprint density at radius 2 is 2.56 bits per heavy atom. The molecule has 3 rings (SSSR count). The van der Waals surface area contributed by atoms with Crippen LogP contribution in [0.5, 0.6) is 0 Å². The number of fused-ring (bicyclic) bond motifs is 1. The summed E-state index contributed by atoms with van der Waals surface area (Å²) in [5.41, 5.74) is 1.67. The van der Waals surface area contributed by atoms with Gasteiger partial charge in [0.1, 0.15) is 24.2 Å². The minimum Gasteiger partial charge on any atom is -0.364 e. The molecule has 0 spiro atoms. The van der Waals surface area contributed by atoms with Gasteiger partial charge in [0, 0.05) is 6.20 Å². The van der Waals surface area contributed by atoms with E-state index in [1.807, 2.05) is 9.95 Å². The predicted molar refractivity (Wildman–Crippen MR) is 59.5 cm³/mol. The van der Waals surface area contributed by atoms with Crippen LogP contribution in [0.1, 0.15) is 28.0 Å². The van der Waals surface area contributed by atoms with Crippen LogP contribution in [-0.4, -0.2) is 15.8 Å². The molecule has 0 aromatic carbocycles. The Morgan fingerprint density at radius 3 is 3.31 bits per heavy atom. The zero-order valence-electron chi connectivity index (χ0n) is 8.50. The van der Waals surface area contributed by atoms with Crippen LogP contribution >= 0.6 is 11.3 Å². The summed E-state index contributed by atoms with van der Waals surface area (Å²) in [5.74, 6) is 0.827. The van der Waals surface area contributed by atoms with Crippen molar-refractivity contribution in [3.05, 3.63) is 40.1 Å². The third-order valence-corrected chi connectivity index (χ3v) is 3.39. The van der Waals surface area contributed by atoms with E-state index in [9.17, 15) is 4.79 Å². The zero-order valence-corrected chi connectivity index (χ0v) is 9.31. The monoisotopic (exact) mass is 234 g/mol. The lowest BCUT2D eigenvalue weighted by atomic mass is 10.2. The van der Waals surface area contributed by atoms with Crippen molar-refractivity contribution >= 4 is 17.6 Å². The van der Waals surface area contributed by atoms with Crippen LogP contribution in [0.25, 0.3) is 0 Å². The van der Waals surface area contributed by atoms with E-state index in [0.717, 1.165) is 18.7 Å². The average molecular weight is 234 g/mol. The summed E-state index contributed by atoms with van der Waals surface area (Å²) in [7, 11) is 0. The highest BCUT2D eigenvalue weighted by Crippen LogP contribution is 2.27. The summed E-state index contributed by atoms with van der Waals surface area (Å²) in [5, 5.41) is 4.13. The maximum Gasteiger partial charge on any atom is 0.170 e. The van der Waals surface area contributed by atoms with Crippen LogP contribution in [0.15, 0.2) is 23.0 Å². The molecule has 0 amide bonds. The molecule has 4 nitrogen and oxygen atoms in total. The maximum atomic E-state index is 10.6. The van der Waals surface area contributed by atoms with E-state index in [1.165, 1.54) is 5.56 Å². The smallest absolute Gasteiger partial charge is 0.170 e. The molecule has 1 aliphatic rings. The van der Waals surface area contributed by atoms with Crippen molar-refractivity contribution in [3.63, 3.8) is 0 Å². The van der Waals surface area contributed by atoms with Crippen molar-refractivity contribution in [1.29, 1.82) is 0 Å². The highest BCUT2D eigenvalue weighted by Gasteiger charge is 2.22. The lowest BCUT2D eigenvalue weighted by Gasteiger charge is -2.23. The van der Waals surface area contributed by atoms with E-state index in [1.54, 1.807) is 17.5 Å². The molecule has 0 saturated carbocycles. The van der Waals surface area contributed by atoms with Gasteiger partial charge < -0.3 is 9.30 Å². The number of imidazole rings is 1. The molecule has 0 unspecified atom stereocenters. The standard InChI is InChI=1S/C11H10N2O2S/c14-5-9-3-13-4-10(8-1-2-16-7-8)15-6-11(13)12-9/h1-3,5,7,10H,4,6H2/t10-/m1/s1. The minimum absolute atomic E-state index is 0.0763. The van der Waals surface area contributed by atoms with Crippen molar-refractivity contribution in [2.75, 3.05) is 0 Å². The number of hydrogen-bond donors (Lipinski definition) is 0. The van der Waals surface area contributed by atoms with Crippen LogP contribution in [-0.2, 0) is 17.9 Å². The van der Waals surface area contributed by atoms with E-state index in [4.69, 9.17) is 4.74 Å². The van der Waals surface area contributed by atoms with E-state index < -0.39 is 0 Å². The first-order valence-electron chi connectivity index (χ1n) is 5.02. The number of carbonyl (C=O) groups excluding carboxylic acids is 1. The Morgan fingerprint density at radius 1 is 1.62 bits per heavy atom. The fourth-order valence-corrected chi connectivity index (χ4v) is 2.57. The van der Waals surface area contributed by atoms with Crippen LogP contribution in [0.2, 0.25) is 0 Å². The van der Waals surface area contributed by atoms with Crippen molar-refractivity contribution in [2.24, 2.45) is 0 Å². The molecular weight excluding hydrogens is 224 g/mol. The summed E-state index contributed by atoms with van der Waals surface area (Å²) in [4.78, 5) is 14.8. The summed E-state index contributed by atoms with van der Waals surface area (Å²) in [6, 6.07) is 2.07. The number of hydrogen-bond acceptors (Lipinski definition) is 4.